The molecule has 0 saturated carbocycles. The van der Waals surface area contributed by atoms with Crippen LogP contribution in [0.15, 0.2) is 12.3 Å². The first-order chi connectivity index (χ1) is 12.4. The van der Waals surface area contributed by atoms with E-state index < -0.39 is 65.5 Å². The van der Waals surface area contributed by atoms with Gasteiger partial charge in [0.2, 0.25) is 5.91 Å². The molecule has 0 bridgehead atoms. The number of aromatic carboxylic acids is 1. The van der Waals surface area contributed by atoms with E-state index in [4.69, 9.17) is 5.11 Å². The van der Waals surface area contributed by atoms with Gasteiger partial charge in [0.15, 0.2) is 23.3 Å². The number of nitrogens with one attached hydrogen (secondary N) is 1. The summed E-state index contributed by atoms with van der Waals surface area (Å²) < 4.78 is 92.6. The minimum absolute atomic E-state index is 0.313. The number of hydrogen-bond acceptors (Lipinski definition) is 3. The highest BCUT2D eigenvalue weighted by atomic mass is 19.4. The second kappa shape index (κ2) is 7.25. The Kier molecular flexibility index (Phi) is 5.42. The number of carbonyl (C=O) groups is 2. The maximum atomic E-state index is 13.7. The Morgan fingerprint density at radius 3 is 2.11 bits per heavy atom. The molecule has 6 nitrogen and oxygen atoms in total. The summed E-state index contributed by atoms with van der Waals surface area (Å²) >= 11 is 0. The third-order valence-electron chi connectivity index (χ3n) is 3.30. The Bertz CT molecular complexity index is 879. The number of carbonyl (C=O) groups excluding carboxylic acids is 1. The van der Waals surface area contributed by atoms with Gasteiger partial charge in [-0.3, -0.25) is 9.48 Å². The highest BCUT2D eigenvalue weighted by Gasteiger charge is 2.42. The quantitative estimate of drug-likeness (QED) is 0.598. The SMILES string of the molecule is O=C(CCn1nccc1C(=O)O)Nc1c(F)c(F)c(C(F)(F)F)c(F)c1F. The highest BCUT2D eigenvalue weighted by Crippen LogP contribution is 2.38. The van der Waals surface area contributed by atoms with Crippen molar-refractivity contribution >= 4 is 17.6 Å². The Labute approximate surface area is 145 Å². The van der Waals surface area contributed by atoms with Crippen LogP contribution in [0.25, 0.3) is 0 Å². The van der Waals surface area contributed by atoms with Crippen molar-refractivity contribution in [2.75, 3.05) is 5.32 Å². The lowest BCUT2D eigenvalue weighted by atomic mass is 10.1. The molecular formula is C14H8F7N3O3. The molecule has 0 aliphatic carbocycles. The van der Waals surface area contributed by atoms with E-state index in [1.807, 2.05) is 0 Å². The van der Waals surface area contributed by atoms with Crippen LogP contribution in [0.5, 0.6) is 0 Å². The number of anilines is 1. The molecule has 2 aromatic rings. The van der Waals surface area contributed by atoms with Gasteiger partial charge in [-0.1, -0.05) is 0 Å². The summed E-state index contributed by atoms with van der Waals surface area (Å²) in [6.07, 6.45) is -5.25. The summed E-state index contributed by atoms with van der Waals surface area (Å²) in [6.45, 7) is -0.394. The second-order valence-electron chi connectivity index (χ2n) is 5.05. The minimum atomic E-state index is -5.70. The molecule has 27 heavy (non-hydrogen) atoms. The molecule has 1 aromatic carbocycles. The molecule has 0 spiro atoms. The van der Waals surface area contributed by atoms with E-state index in [1.165, 1.54) is 5.32 Å². The molecule has 0 saturated heterocycles. The van der Waals surface area contributed by atoms with Crippen LogP contribution in [0.2, 0.25) is 0 Å². The molecule has 0 radical (unpaired) electrons. The van der Waals surface area contributed by atoms with Gasteiger partial charge in [-0.15, -0.1) is 0 Å². The maximum Gasteiger partial charge on any atom is 0.422 e. The molecule has 0 atom stereocenters. The maximum absolute atomic E-state index is 13.7. The van der Waals surface area contributed by atoms with Gasteiger partial charge in [0.05, 0.1) is 6.54 Å². The van der Waals surface area contributed by atoms with E-state index in [1.54, 1.807) is 0 Å². The smallest absolute Gasteiger partial charge is 0.422 e. The number of rotatable bonds is 5. The zero-order valence-electron chi connectivity index (χ0n) is 12.9. The molecule has 13 heteroatoms. The van der Waals surface area contributed by atoms with Crippen LogP contribution in [-0.2, 0) is 17.5 Å². The summed E-state index contributed by atoms with van der Waals surface area (Å²) in [5.74, 6) is -12.9. The van der Waals surface area contributed by atoms with Crippen LogP contribution in [0.3, 0.4) is 0 Å². The van der Waals surface area contributed by atoms with E-state index in [0.29, 0.717) is 0 Å². The monoisotopic (exact) mass is 399 g/mol. The number of hydrogen-bond donors (Lipinski definition) is 2. The van der Waals surface area contributed by atoms with Crippen molar-refractivity contribution in [1.29, 1.82) is 0 Å². The normalized spacial score (nSPS) is 11.5. The fourth-order valence-electron chi connectivity index (χ4n) is 2.09. The number of carboxylic acids is 1. The van der Waals surface area contributed by atoms with Crippen LogP contribution >= 0.6 is 0 Å². The first-order valence-electron chi connectivity index (χ1n) is 6.93. The van der Waals surface area contributed by atoms with Gasteiger partial charge in [0, 0.05) is 12.6 Å². The lowest BCUT2D eigenvalue weighted by Gasteiger charge is -2.14. The van der Waals surface area contributed by atoms with Gasteiger partial charge in [-0.2, -0.15) is 18.3 Å². The van der Waals surface area contributed by atoms with Crippen LogP contribution < -0.4 is 5.32 Å². The first-order valence-corrected chi connectivity index (χ1v) is 6.93. The van der Waals surface area contributed by atoms with E-state index in [-0.39, 0.29) is 5.69 Å². The van der Waals surface area contributed by atoms with Crippen molar-refractivity contribution < 1.29 is 45.4 Å². The third kappa shape index (κ3) is 4.01. The van der Waals surface area contributed by atoms with Gasteiger partial charge < -0.3 is 10.4 Å². The second-order valence-corrected chi connectivity index (χ2v) is 5.05. The van der Waals surface area contributed by atoms with Crippen LogP contribution in [-0.4, -0.2) is 26.8 Å². The number of benzene rings is 1. The van der Waals surface area contributed by atoms with Gasteiger partial charge >= 0.3 is 12.1 Å². The number of aryl methyl sites for hydroxylation is 1. The van der Waals surface area contributed by atoms with Crippen LogP contribution in [0.4, 0.5) is 36.4 Å². The number of alkyl halides is 3. The zero-order chi connectivity index (χ0) is 20.5. The summed E-state index contributed by atoms with van der Waals surface area (Å²) in [6, 6.07) is 1.10. The average molecular weight is 399 g/mol. The Morgan fingerprint density at radius 2 is 1.63 bits per heavy atom. The number of halogens is 7. The predicted molar refractivity (Wildman–Crippen MR) is 73.7 cm³/mol. The molecule has 146 valence electrons. The lowest BCUT2D eigenvalue weighted by Crippen LogP contribution is -2.21. The van der Waals surface area contributed by atoms with Crippen LogP contribution in [0, 0.1) is 23.3 Å². The van der Waals surface area contributed by atoms with Gasteiger partial charge in [-0.05, 0) is 6.07 Å². The van der Waals surface area contributed by atoms with Crippen molar-refractivity contribution in [3.63, 3.8) is 0 Å². The van der Waals surface area contributed by atoms with Gasteiger partial charge in [-0.25, -0.2) is 22.4 Å². The van der Waals surface area contributed by atoms with Crippen molar-refractivity contribution in [1.82, 2.24) is 9.78 Å². The fraction of sp³-hybridized carbons (Fsp3) is 0.214. The summed E-state index contributed by atoms with van der Waals surface area (Å²) in [5, 5.41) is 13.9. The van der Waals surface area contributed by atoms with Gasteiger partial charge in [0.25, 0.3) is 0 Å². The Hall–Kier alpha value is -3.12. The predicted octanol–water partition coefficient (Wildman–Crippen LogP) is 3.19. The largest absolute Gasteiger partial charge is 0.477 e. The minimum Gasteiger partial charge on any atom is -0.477 e. The van der Waals surface area contributed by atoms with Crippen molar-refractivity contribution in [2.45, 2.75) is 19.1 Å². The van der Waals surface area contributed by atoms with E-state index in [2.05, 4.69) is 5.10 Å². The van der Waals surface area contributed by atoms with Crippen molar-refractivity contribution in [2.24, 2.45) is 0 Å². The standard InChI is InChI=1S/C14H8F7N3O3/c15-8-7(14(19,20)21)9(16)11(18)12(10(8)17)23-6(25)2-4-24-5(13(26)27)1-3-22-24/h1,3H,2,4H2,(H,23,25)(H,26,27). The van der Waals surface area contributed by atoms with Crippen molar-refractivity contribution in [3.8, 4) is 0 Å². The summed E-state index contributed by atoms with van der Waals surface area (Å²) in [4.78, 5) is 22.6. The average Bonchev–Trinajstić information content (AvgIpc) is 3.03. The number of carboxylic acid groups (broad SMARTS) is 1. The van der Waals surface area contributed by atoms with Crippen LogP contribution in [0.1, 0.15) is 22.5 Å². The Balaban J connectivity index is 2.23. The number of amides is 1. The fourth-order valence-corrected chi connectivity index (χ4v) is 2.09. The molecule has 1 amide bonds. The molecule has 0 unspecified atom stereocenters. The highest BCUT2D eigenvalue weighted by molar-refractivity contribution is 5.91. The molecule has 0 aliphatic rings. The molecule has 0 fully saturated rings. The third-order valence-corrected chi connectivity index (χ3v) is 3.30. The summed E-state index contributed by atoms with van der Waals surface area (Å²) in [7, 11) is 0. The molecule has 0 aliphatic heterocycles. The summed E-state index contributed by atoms with van der Waals surface area (Å²) in [5.41, 5.74) is -4.81. The molecule has 1 heterocycles. The van der Waals surface area contributed by atoms with E-state index >= 15 is 0 Å². The zero-order valence-corrected chi connectivity index (χ0v) is 12.9. The van der Waals surface area contributed by atoms with Crippen molar-refractivity contribution in [3.05, 3.63) is 46.8 Å². The molecule has 2 N–H and O–H groups in total. The molecule has 1 aromatic heterocycles. The Morgan fingerprint density at radius 1 is 1.07 bits per heavy atom. The lowest BCUT2D eigenvalue weighted by molar-refractivity contribution is -0.143. The van der Waals surface area contributed by atoms with Gasteiger partial charge in [0.1, 0.15) is 16.9 Å². The number of aromatic nitrogens is 2. The van der Waals surface area contributed by atoms with E-state index in [0.717, 1.165) is 16.9 Å². The molecule has 2 rings (SSSR count). The number of nitrogens with zero attached hydrogens (tertiary/aromatic N) is 2. The molecular weight excluding hydrogens is 391 g/mol. The van der Waals surface area contributed by atoms with E-state index in [9.17, 15) is 40.3 Å². The topological polar surface area (TPSA) is 84.2 Å². The first kappa shape index (κ1) is 20.2.